The van der Waals surface area contributed by atoms with E-state index < -0.39 is 0 Å². The van der Waals surface area contributed by atoms with Gasteiger partial charge in [0.1, 0.15) is 5.82 Å². The average Bonchev–Trinajstić information content (AvgIpc) is 3.05. The SMILES string of the molecule is Cc1cc(=O)n2[nH]c(CC(=O)N[C@H]3CCCN(c4ncccn4)C3)nc2n1. The van der Waals surface area contributed by atoms with E-state index in [9.17, 15) is 9.59 Å². The number of carbonyl (C=O) groups excluding carboxylic acids is 1. The van der Waals surface area contributed by atoms with Crippen molar-refractivity contribution in [1.82, 2.24) is 34.9 Å². The minimum atomic E-state index is -0.248. The highest BCUT2D eigenvalue weighted by Crippen LogP contribution is 2.15. The molecule has 0 radical (unpaired) electrons. The Morgan fingerprint density at radius 1 is 1.33 bits per heavy atom. The van der Waals surface area contributed by atoms with E-state index in [0.29, 0.717) is 24.0 Å². The zero-order valence-electron chi connectivity index (χ0n) is 14.9. The first-order valence-electron chi connectivity index (χ1n) is 8.85. The maximum absolute atomic E-state index is 12.4. The molecule has 0 aliphatic carbocycles. The number of aryl methyl sites for hydroxylation is 1. The van der Waals surface area contributed by atoms with Crippen LogP contribution in [0.1, 0.15) is 24.4 Å². The maximum atomic E-state index is 12.4. The number of fused-ring (bicyclic) bond motifs is 1. The standard InChI is InChI=1S/C17H20N8O2/c1-11-8-15(27)25-17(20-11)22-13(23-25)9-14(26)21-12-4-2-7-24(10-12)16-18-5-3-6-19-16/h3,5-6,8,12H,2,4,7,9-10H2,1H3,(H,21,26)(H,20,22,23)/t12-/m0/s1. The summed E-state index contributed by atoms with van der Waals surface area (Å²) in [6, 6.07) is 3.21. The van der Waals surface area contributed by atoms with Crippen molar-refractivity contribution in [3.63, 3.8) is 0 Å². The molecule has 4 rings (SSSR count). The molecule has 3 aromatic rings. The van der Waals surface area contributed by atoms with Crippen molar-refractivity contribution in [3.05, 3.63) is 46.4 Å². The van der Waals surface area contributed by atoms with Crippen LogP contribution in [0, 0.1) is 6.92 Å². The summed E-state index contributed by atoms with van der Waals surface area (Å²) in [5.41, 5.74) is 0.343. The molecule has 10 heteroatoms. The van der Waals surface area contributed by atoms with Gasteiger partial charge in [-0.1, -0.05) is 0 Å². The third-order valence-electron chi connectivity index (χ3n) is 4.45. The number of anilines is 1. The second-order valence-corrected chi connectivity index (χ2v) is 6.62. The molecule has 2 N–H and O–H groups in total. The molecule has 27 heavy (non-hydrogen) atoms. The lowest BCUT2D eigenvalue weighted by molar-refractivity contribution is -0.121. The molecule has 1 aliphatic heterocycles. The summed E-state index contributed by atoms with van der Waals surface area (Å²) in [6.45, 7) is 3.26. The van der Waals surface area contributed by atoms with E-state index in [4.69, 9.17) is 0 Å². The quantitative estimate of drug-likeness (QED) is 0.656. The summed E-state index contributed by atoms with van der Waals surface area (Å²) in [6.07, 6.45) is 5.33. The third kappa shape index (κ3) is 3.78. The lowest BCUT2D eigenvalue weighted by Gasteiger charge is -2.33. The molecular formula is C17H20N8O2. The second kappa shape index (κ2) is 7.14. The fourth-order valence-corrected chi connectivity index (χ4v) is 3.28. The van der Waals surface area contributed by atoms with Crippen LogP contribution in [0.5, 0.6) is 0 Å². The van der Waals surface area contributed by atoms with E-state index in [2.05, 4.69) is 35.3 Å². The van der Waals surface area contributed by atoms with E-state index >= 15 is 0 Å². The highest BCUT2D eigenvalue weighted by molar-refractivity contribution is 5.78. The number of aromatic amines is 1. The van der Waals surface area contributed by atoms with Gasteiger partial charge in [-0.2, -0.15) is 9.50 Å². The fourth-order valence-electron chi connectivity index (χ4n) is 3.28. The molecular weight excluding hydrogens is 348 g/mol. The minimum absolute atomic E-state index is 0.0162. The van der Waals surface area contributed by atoms with E-state index in [1.165, 1.54) is 10.6 Å². The van der Waals surface area contributed by atoms with E-state index in [-0.39, 0.29) is 29.7 Å². The van der Waals surface area contributed by atoms with Gasteiger partial charge < -0.3 is 10.2 Å². The van der Waals surface area contributed by atoms with Crippen LogP contribution in [0.15, 0.2) is 29.3 Å². The van der Waals surface area contributed by atoms with Gasteiger partial charge in [0.2, 0.25) is 11.9 Å². The number of nitrogens with one attached hydrogen (secondary N) is 2. The molecule has 140 valence electrons. The van der Waals surface area contributed by atoms with Crippen molar-refractivity contribution < 1.29 is 4.79 Å². The summed E-state index contributed by atoms with van der Waals surface area (Å²) < 4.78 is 1.24. The topological polar surface area (TPSA) is 121 Å². The fraction of sp³-hybridized carbons (Fsp3) is 0.412. The van der Waals surface area contributed by atoms with Crippen LogP contribution >= 0.6 is 0 Å². The molecule has 0 bridgehead atoms. The second-order valence-electron chi connectivity index (χ2n) is 6.62. The molecule has 0 saturated carbocycles. The van der Waals surface area contributed by atoms with E-state index in [0.717, 1.165) is 19.4 Å². The number of piperidine rings is 1. The molecule has 1 atom stereocenters. The van der Waals surface area contributed by atoms with Crippen molar-refractivity contribution in [3.8, 4) is 0 Å². The van der Waals surface area contributed by atoms with Gasteiger partial charge in [0.05, 0.1) is 6.42 Å². The number of H-pyrrole nitrogens is 1. The van der Waals surface area contributed by atoms with Crippen molar-refractivity contribution >= 4 is 17.6 Å². The minimum Gasteiger partial charge on any atom is -0.351 e. The monoisotopic (exact) mass is 368 g/mol. The van der Waals surface area contributed by atoms with Crippen LogP contribution in [0.25, 0.3) is 5.78 Å². The number of amides is 1. The molecule has 0 aromatic carbocycles. The maximum Gasteiger partial charge on any atom is 0.274 e. The van der Waals surface area contributed by atoms with Crippen LogP contribution in [0.2, 0.25) is 0 Å². The van der Waals surface area contributed by atoms with Crippen LogP contribution in [-0.2, 0) is 11.2 Å². The number of aromatic nitrogens is 6. The van der Waals surface area contributed by atoms with Crippen molar-refractivity contribution in [2.45, 2.75) is 32.2 Å². The van der Waals surface area contributed by atoms with Gasteiger partial charge >= 0.3 is 0 Å². The number of rotatable bonds is 4. The van der Waals surface area contributed by atoms with Gasteiger partial charge in [0, 0.05) is 43.3 Å². The Balaban J connectivity index is 1.40. The first-order chi connectivity index (χ1) is 13.1. The molecule has 1 aliphatic rings. The zero-order chi connectivity index (χ0) is 18.8. The summed E-state index contributed by atoms with van der Waals surface area (Å²) >= 11 is 0. The Bertz CT molecular complexity index is 1010. The predicted molar refractivity (Wildman–Crippen MR) is 97.5 cm³/mol. The summed E-state index contributed by atoms with van der Waals surface area (Å²) in [5.74, 6) is 1.20. The summed E-state index contributed by atoms with van der Waals surface area (Å²) in [5, 5.41) is 5.87. The van der Waals surface area contributed by atoms with Gasteiger partial charge in [0.25, 0.3) is 11.3 Å². The van der Waals surface area contributed by atoms with Gasteiger partial charge in [0.15, 0.2) is 0 Å². The van der Waals surface area contributed by atoms with Crippen molar-refractivity contribution in [2.24, 2.45) is 0 Å². The van der Waals surface area contributed by atoms with Crippen molar-refractivity contribution in [2.75, 3.05) is 18.0 Å². The Morgan fingerprint density at radius 3 is 2.96 bits per heavy atom. The molecule has 0 unspecified atom stereocenters. The Kier molecular flexibility index (Phi) is 4.53. The van der Waals surface area contributed by atoms with E-state index in [1.54, 1.807) is 25.4 Å². The van der Waals surface area contributed by atoms with Gasteiger partial charge in [-0.15, -0.1) is 0 Å². The largest absolute Gasteiger partial charge is 0.351 e. The van der Waals surface area contributed by atoms with Crippen LogP contribution in [0.4, 0.5) is 5.95 Å². The number of carbonyl (C=O) groups is 1. The summed E-state index contributed by atoms with van der Waals surface area (Å²) in [7, 11) is 0. The summed E-state index contributed by atoms with van der Waals surface area (Å²) in [4.78, 5) is 43.4. The predicted octanol–water partition coefficient (Wildman–Crippen LogP) is -0.156. The molecule has 1 fully saturated rings. The van der Waals surface area contributed by atoms with Crippen LogP contribution in [0.3, 0.4) is 0 Å². The normalized spacial score (nSPS) is 17.2. The van der Waals surface area contributed by atoms with Gasteiger partial charge in [-0.3, -0.25) is 14.7 Å². The highest BCUT2D eigenvalue weighted by atomic mass is 16.2. The number of nitrogens with zero attached hydrogens (tertiary/aromatic N) is 6. The number of hydrogen-bond donors (Lipinski definition) is 2. The molecule has 4 heterocycles. The molecule has 1 amide bonds. The lowest BCUT2D eigenvalue weighted by Crippen LogP contribution is -2.48. The van der Waals surface area contributed by atoms with Gasteiger partial charge in [-0.05, 0) is 25.8 Å². The Hall–Kier alpha value is -3.30. The molecule has 0 spiro atoms. The zero-order valence-corrected chi connectivity index (χ0v) is 14.9. The smallest absolute Gasteiger partial charge is 0.274 e. The van der Waals surface area contributed by atoms with Crippen LogP contribution in [-0.4, -0.2) is 54.6 Å². The highest BCUT2D eigenvalue weighted by Gasteiger charge is 2.23. The van der Waals surface area contributed by atoms with Gasteiger partial charge in [-0.25, -0.2) is 15.0 Å². The Labute approximate surface area is 154 Å². The van der Waals surface area contributed by atoms with E-state index in [1.807, 2.05) is 0 Å². The Morgan fingerprint density at radius 2 is 2.15 bits per heavy atom. The van der Waals surface area contributed by atoms with Crippen molar-refractivity contribution in [1.29, 1.82) is 0 Å². The lowest BCUT2D eigenvalue weighted by atomic mass is 10.1. The number of hydrogen-bond acceptors (Lipinski definition) is 7. The first kappa shape index (κ1) is 17.1. The molecule has 1 saturated heterocycles. The first-order valence-corrected chi connectivity index (χ1v) is 8.85. The third-order valence-corrected chi connectivity index (χ3v) is 4.45. The molecule has 10 nitrogen and oxygen atoms in total. The molecule has 3 aromatic heterocycles. The van der Waals surface area contributed by atoms with Crippen LogP contribution < -0.4 is 15.8 Å². The average molecular weight is 368 g/mol.